The van der Waals surface area contributed by atoms with Gasteiger partial charge in [-0.2, -0.15) is 0 Å². The maximum absolute atomic E-state index is 12.6. The predicted octanol–water partition coefficient (Wildman–Crippen LogP) is 4.54. The molecule has 4 heteroatoms. The van der Waals surface area contributed by atoms with E-state index in [0.717, 1.165) is 12.0 Å². The van der Waals surface area contributed by atoms with Gasteiger partial charge in [0, 0.05) is 5.56 Å². The van der Waals surface area contributed by atoms with Gasteiger partial charge in [0.25, 0.3) is 5.91 Å². The van der Waals surface area contributed by atoms with Gasteiger partial charge in [-0.25, -0.2) is 0 Å². The summed E-state index contributed by atoms with van der Waals surface area (Å²) in [5, 5.41) is 3.04. The van der Waals surface area contributed by atoms with Crippen molar-refractivity contribution in [2.75, 3.05) is 13.2 Å². The summed E-state index contributed by atoms with van der Waals surface area (Å²) >= 11 is 0. The Morgan fingerprint density at radius 2 is 1.60 bits per heavy atom. The van der Waals surface area contributed by atoms with Crippen LogP contribution in [0.2, 0.25) is 0 Å². The van der Waals surface area contributed by atoms with Gasteiger partial charge in [0.05, 0.1) is 19.3 Å². The molecular weight excluding hydrogens is 314 g/mol. The number of amides is 1. The minimum absolute atomic E-state index is 0.0690. The lowest BCUT2D eigenvalue weighted by atomic mass is 10.0. The normalized spacial score (nSPS) is 11.7. The van der Waals surface area contributed by atoms with Gasteiger partial charge in [0.15, 0.2) is 11.5 Å². The van der Waals surface area contributed by atoms with Crippen LogP contribution in [0.4, 0.5) is 0 Å². The molecule has 1 atom stereocenters. The van der Waals surface area contributed by atoms with Gasteiger partial charge >= 0.3 is 0 Å². The average Bonchev–Trinajstić information content (AvgIpc) is 2.63. The molecule has 25 heavy (non-hydrogen) atoms. The zero-order valence-electron chi connectivity index (χ0n) is 15.5. The molecule has 134 valence electrons. The average molecular weight is 341 g/mol. The first kappa shape index (κ1) is 18.8. The Hall–Kier alpha value is -2.49. The summed E-state index contributed by atoms with van der Waals surface area (Å²) in [6.45, 7) is 9.01. The molecule has 1 N–H and O–H groups in total. The molecule has 0 heterocycles. The van der Waals surface area contributed by atoms with E-state index in [-0.39, 0.29) is 11.9 Å². The standard InChI is InChI=1S/C21H27NO3/c1-5-16-8-10-17(11-9-16)15(4)22-21(23)18-12-13-19(24-6-2)20(14-18)25-7-3/h8-15H,5-7H2,1-4H3,(H,22,23). The number of nitrogens with one attached hydrogen (secondary N) is 1. The molecule has 4 nitrogen and oxygen atoms in total. The predicted molar refractivity (Wildman–Crippen MR) is 100 cm³/mol. The molecule has 0 bridgehead atoms. The Morgan fingerprint density at radius 1 is 0.960 bits per heavy atom. The minimum atomic E-state index is -0.129. The van der Waals surface area contributed by atoms with Crippen molar-refractivity contribution in [1.29, 1.82) is 0 Å². The second kappa shape index (κ2) is 9.11. The third-order valence-corrected chi connectivity index (χ3v) is 4.04. The Balaban J connectivity index is 2.12. The second-order valence-corrected chi connectivity index (χ2v) is 5.82. The van der Waals surface area contributed by atoms with E-state index in [1.807, 2.05) is 20.8 Å². The molecule has 0 aliphatic carbocycles. The first-order valence-corrected chi connectivity index (χ1v) is 8.88. The Morgan fingerprint density at radius 3 is 2.20 bits per heavy atom. The van der Waals surface area contributed by atoms with Gasteiger partial charge in [0.2, 0.25) is 0 Å². The van der Waals surface area contributed by atoms with Crippen molar-refractivity contribution in [2.45, 2.75) is 40.2 Å². The van der Waals surface area contributed by atoms with Gasteiger partial charge in [0.1, 0.15) is 0 Å². The van der Waals surface area contributed by atoms with Crippen molar-refractivity contribution < 1.29 is 14.3 Å². The maximum atomic E-state index is 12.6. The van der Waals surface area contributed by atoms with Gasteiger partial charge in [-0.3, -0.25) is 4.79 Å². The quantitative estimate of drug-likeness (QED) is 0.767. The summed E-state index contributed by atoms with van der Waals surface area (Å²) in [7, 11) is 0. The molecule has 1 unspecified atom stereocenters. The van der Waals surface area contributed by atoms with Crippen molar-refractivity contribution in [3.8, 4) is 11.5 Å². The van der Waals surface area contributed by atoms with E-state index >= 15 is 0 Å². The van der Waals surface area contributed by atoms with Crippen LogP contribution >= 0.6 is 0 Å². The van der Waals surface area contributed by atoms with E-state index in [4.69, 9.17) is 9.47 Å². The lowest BCUT2D eigenvalue weighted by Gasteiger charge is -2.16. The third kappa shape index (κ3) is 4.99. The van der Waals surface area contributed by atoms with Crippen molar-refractivity contribution in [2.24, 2.45) is 0 Å². The van der Waals surface area contributed by atoms with E-state index in [2.05, 4.69) is 36.5 Å². The number of carbonyl (C=O) groups is 1. The van der Waals surface area contributed by atoms with Gasteiger partial charge in [-0.05, 0) is 56.5 Å². The van der Waals surface area contributed by atoms with Gasteiger partial charge in [-0.15, -0.1) is 0 Å². The molecule has 0 aliphatic heterocycles. The number of hydrogen-bond donors (Lipinski definition) is 1. The molecule has 2 aromatic carbocycles. The topological polar surface area (TPSA) is 47.6 Å². The first-order chi connectivity index (χ1) is 12.1. The van der Waals surface area contributed by atoms with Crippen LogP contribution in [0, 0.1) is 0 Å². The lowest BCUT2D eigenvalue weighted by Crippen LogP contribution is -2.26. The summed E-state index contributed by atoms with van der Waals surface area (Å²) in [4.78, 5) is 12.6. The number of ether oxygens (including phenoxy) is 2. The highest BCUT2D eigenvalue weighted by molar-refractivity contribution is 5.95. The fourth-order valence-corrected chi connectivity index (χ4v) is 2.60. The Labute approximate surface area is 150 Å². The van der Waals surface area contributed by atoms with E-state index in [1.54, 1.807) is 18.2 Å². The van der Waals surface area contributed by atoms with E-state index in [0.29, 0.717) is 30.3 Å². The van der Waals surface area contributed by atoms with Crippen LogP contribution in [-0.2, 0) is 6.42 Å². The largest absolute Gasteiger partial charge is 0.490 e. The fourth-order valence-electron chi connectivity index (χ4n) is 2.60. The maximum Gasteiger partial charge on any atom is 0.251 e. The van der Waals surface area contributed by atoms with E-state index in [9.17, 15) is 4.79 Å². The van der Waals surface area contributed by atoms with Gasteiger partial charge < -0.3 is 14.8 Å². The van der Waals surface area contributed by atoms with Crippen LogP contribution < -0.4 is 14.8 Å². The summed E-state index contributed by atoms with van der Waals surface area (Å²) in [6, 6.07) is 13.5. The molecule has 2 aromatic rings. The molecule has 0 saturated heterocycles. The van der Waals surface area contributed by atoms with Crippen molar-refractivity contribution in [3.05, 3.63) is 59.2 Å². The number of hydrogen-bond acceptors (Lipinski definition) is 3. The van der Waals surface area contributed by atoms with Crippen molar-refractivity contribution >= 4 is 5.91 Å². The summed E-state index contributed by atoms with van der Waals surface area (Å²) in [5.41, 5.74) is 2.93. The molecule has 0 saturated carbocycles. The minimum Gasteiger partial charge on any atom is -0.490 e. The number of carbonyl (C=O) groups excluding carboxylic acids is 1. The van der Waals surface area contributed by atoms with Crippen molar-refractivity contribution in [3.63, 3.8) is 0 Å². The van der Waals surface area contributed by atoms with Crippen LogP contribution in [0.5, 0.6) is 11.5 Å². The smallest absolute Gasteiger partial charge is 0.251 e. The number of rotatable bonds is 8. The fraction of sp³-hybridized carbons (Fsp3) is 0.381. The van der Waals surface area contributed by atoms with E-state index in [1.165, 1.54) is 5.56 Å². The molecule has 0 fully saturated rings. The molecule has 1 amide bonds. The number of aryl methyl sites for hydroxylation is 1. The third-order valence-electron chi connectivity index (χ3n) is 4.04. The molecule has 0 aliphatic rings. The summed E-state index contributed by atoms with van der Waals surface area (Å²) in [6.07, 6.45) is 1.01. The van der Waals surface area contributed by atoms with Gasteiger partial charge in [-0.1, -0.05) is 31.2 Å². The molecule has 0 spiro atoms. The van der Waals surface area contributed by atoms with Crippen LogP contribution in [0.25, 0.3) is 0 Å². The Bertz CT molecular complexity index is 695. The zero-order valence-corrected chi connectivity index (χ0v) is 15.5. The highest BCUT2D eigenvalue weighted by atomic mass is 16.5. The van der Waals surface area contributed by atoms with Crippen LogP contribution in [-0.4, -0.2) is 19.1 Å². The highest BCUT2D eigenvalue weighted by Crippen LogP contribution is 2.28. The Kier molecular flexibility index (Phi) is 6.87. The molecule has 0 radical (unpaired) electrons. The zero-order chi connectivity index (χ0) is 18.2. The monoisotopic (exact) mass is 341 g/mol. The molecule has 0 aromatic heterocycles. The SMILES string of the molecule is CCOc1ccc(C(=O)NC(C)c2ccc(CC)cc2)cc1OCC. The lowest BCUT2D eigenvalue weighted by molar-refractivity contribution is 0.0939. The van der Waals surface area contributed by atoms with Crippen LogP contribution in [0.3, 0.4) is 0 Å². The number of benzene rings is 2. The van der Waals surface area contributed by atoms with Crippen LogP contribution in [0.1, 0.15) is 55.2 Å². The van der Waals surface area contributed by atoms with Crippen LogP contribution in [0.15, 0.2) is 42.5 Å². The molecule has 2 rings (SSSR count). The summed E-state index contributed by atoms with van der Waals surface area (Å²) < 4.78 is 11.1. The van der Waals surface area contributed by atoms with Crippen molar-refractivity contribution in [1.82, 2.24) is 5.32 Å². The highest BCUT2D eigenvalue weighted by Gasteiger charge is 2.14. The summed E-state index contributed by atoms with van der Waals surface area (Å²) in [5.74, 6) is 1.12. The molecular formula is C21H27NO3. The van der Waals surface area contributed by atoms with E-state index < -0.39 is 0 Å². The first-order valence-electron chi connectivity index (χ1n) is 8.88. The second-order valence-electron chi connectivity index (χ2n) is 5.82.